The predicted octanol–water partition coefficient (Wildman–Crippen LogP) is 4.72. The highest BCUT2D eigenvalue weighted by Crippen LogP contribution is 2.31. The monoisotopic (exact) mass is 328 g/mol. The van der Waals surface area contributed by atoms with E-state index in [1.807, 2.05) is 65.6 Å². The van der Waals surface area contributed by atoms with Crippen LogP contribution in [0.25, 0.3) is 0 Å². The molecule has 25 heavy (non-hydrogen) atoms. The minimum Gasteiger partial charge on any atom is -0.364 e. The van der Waals surface area contributed by atoms with E-state index in [2.05, 4.69) is 29.6 Å². The average molecular weight is 328 g/mol. The number of carbonyl (C=O) groups excluding carboxylic acids is 1. The Kier molecular flexibility index (Phi) is 4.21. The quantitative estimate of drug-likeness (QED) is 0.752. The van der Waals surface area contributed by atoms with Crippen molar-refractivity contribution in [1.29, 1.82) is 0 Å². The molecule has 1 atom stereocenters. The summed E-state index contributed by atoms with van der Waals surface area (Å²) in [6.07, 6.45) is 1.70. The number of fused-ring (bicyclic) bond motifs is 1. The number of rotatable bonds is 4. The predicted molar refractivity (Wildman–Crippen MR) is 102 cm³/mol. The lowest BCUT2D eigenvalue weighted by atomic mass is 10.0. The second-order valence-corrected chi connectivity index (χ2v) is 6.24. The SMILES string of the molecule is O=C1c2ccccc2N[C@H](CCc2ccccc2)N1c1ccccc1. The number of carbonyl (C=O) groups is 1. The molecule has 1 amide bonds. The molecule has 1 N–H and O–H groups in total. The van der Waals surface area contributed by atoms with Gasteiger partial charge in [-0.25, -0.2) is 0 Å². The van der Waals surface area contributed by atoms with E-state index in [0.29, 0.717) is 0 Å². The van der Waals surface area contributed by atoms with Crippen molar-refractivity contribution in [2.24, 2.45) is 0 Å². The fourth-order valence-electron chi connectivity index (χ4n) is 3.35. The van der Waals surface area contributed by atoms with Gasteiger partial charge in [0.2, 0.25) is 0 Å². The van der Waals surface area contributed by atoms with Gasteiger partial charge in [-0.3, -0.25) is 9.69 Å². The van der Waals surface area contributed by atoms with Gasteiger partial charge >= 0.3 is 0 Å². The Morgan fingerprint density at radius 1 is 0.800 bits per heavy atom. The molecule has 0 saturated heterocycles. The van der Waals surface area contributed by atoms with Crippen LogP contribution in [0.4, 0.5) is 11.4 Å². The Labute approximate surface area is 147 Å². The van der Waals surface area contributed by atoms with Gasteiger partial charge in [-0.05, 0) is 42.7 Å². The molecule has 1 aliphatic heterocycles. The number of hydrogen-bond acceptors (Lipinski definition) is 2. The highest BCUT2D eigenvalue weighted by Gasteiger charge is 2.32. The normalized spacial score (nSPS) is 16.2. The van der Waals surface area contributed by atoms with Crippen LogP contribution in [-0.2, 0) is 6.42 Å². The van der Waals surface area contributed by atoms with Crippen LogP contribution in [0.2, 0.25) is 0 Å². The van der Waals surface area contributed by atoms with Crippen molar-refractivity contribution in [3.63, 3.8) is 0 Å². The van der Waals surface area contributed by atoms with Crippen LogP contribution in [0.5, 0.6) is 0 Å². The number of aryl methyl sites for hydroxylation is 1. The first kappa shape index (κ1) is 15.5. The van der Waals surface area contributed by atoms with Crippen LogP contribution >= 0.6 is 0 Å². The third kappa shape index (κ3) is 3.13. The fourth-order valence-corrected chi connectivity index (χ4v) is 3.35. The second kappa shape index (κ2) is 6.81. The van der Waals surface area contributed by atoms with E-state index in [4.69, 9.17) is 0 Å². The number of nitrogens with zero attached hydrogens (tertiary/aromatic N) is 1. The zero-order valence-corrected chi connectivity index (χ0v) is 13.9. The number of hydrogen-bond donors (Lipinski definition) is 1. The summed E-state index contributed by atoms with van der Waals surface area (Å²) < 4.78 is 0. The maximum Gasteiger partial charge on any atom is 0.262 e. The van der Waals surface area contributed by atoms with Crippen LogP contribution in [0.1, 0.15) is 22.3 Å². The van der Waals surface area contributed by atoms with Gasteiger partial charge in [0.05, 0.1) is 5.56 Å². The molecule has 0 radical (unpaired) electrons. The van der Waals surface area contributed by atoms with Gasteiger partial charge < -0.3 is 5.32 Å². The summed E-state index contributed by atoms with van der Waals surface area (Å²) in [4.78, 5) is 15.0. The second-order valence-electron chi connectivity index (χ2n) is 6.24. The average Bonchev–Trinajstić information content (AvgIpc) is 2.68. The maximum atomic E-state index is 13.1. The van der Waals surface area contributed by atoms with Crippen LogP contribution in [0.3, 0.4) is 0 Å². The summed E-state index contributed by atoms with van der Waals surface area (Å²) in [7, 11) is 0. The smallest absolute Gasteiger partial charge is 0.262 e. The van der Waals surface area contributed by atoms with Gasteiger partial charge in [-0.1, -0.05) is 60.7 Å². The summed E-state index contributed by atoms with van der Waals surface area (Å²) in [5.41, 5.74) is 3.84. The Morgan fingerprint density at radius 3 is 2.20 bits per heavy atom. The molecule has 0 spiro atoms. The Morgan fingerprint density at radius 2 is 1.44 bits per heavy atom. The molecular weight excluding hydrogens is 308 g/mol. The summed E-state index contributed by atoms with van der Waals surface area (Å²) in [6, 6.07) is 28.0. The number of amides is 1. The van der Waals surface area contributed by atoms with Crippen molar-refractivity contribution >= 4 is 17.3 Å². The number of anilines is 2. The molecule has 0 bridgehead atoms. The standard InChI is InChI=1S/C22H20N2O/c25-22-19-13-7-8-14-20(19)23-21(16-15-17-9-3-1-4-10-17)24(22)18-11-5-2-6-12-18/h1-14,21,23H,15-16H2/t21-/m0/s1. The number of benzene rings is 3. The lowest BCUT2D eigenvalue weighted by molar-refractivity contribution is 0.0974. The molecule has 1 heterocycles. The van der Waals surface area contributed by atoms with Crippen molar-refractivity contribution < 1.29 is 4.79 Å². The molecule has 1 aliphatic rings. The van der Waals surface area contributed by atoms with Crippen LogP contribution in [0, 0.1) is 0 Å². The number of para-hydroxylation sites is 2. The third-order valence-corrected chi connectivity index (χ3v) is 4.59. The van der Waals surface area contributed by atoms with Crippen LogP contribution in [-0.4, -0.2) is 12.1 Å². The lowest BCUT2D eigenvalue weighted by Gasteiger charge is -2.38. The lowest BCUT2D eigenvalue weighted by Crippen LogP contribution is -2.49. The topological polar surface area (TPSA) is 32.3 Å². The molecule has 124 valence electrons. The van der Waals surface area contributed by atoms with Crippen molar-refractivity contribution in [2.45, 2.75) is 19.0 Å². The van der Waals surface area contributed by atoms with Gasteiger partial charge in [0, 0.05) is 11.4 Å². The van der Waals surface area contributed by atoms with Crippen molar-refractivity contribution in [1.82, 2.24) is 0 Å². The summed E-state index contributed by atoms with van der Waals surface area (Å²) >= 11 is 0. The summed E-state index contributed by atoms with van der Waals surface area (Å²) in [5.74, 6) is 0.0543. The maximum absolute atomic E-state index is 13.1. The zero-order chi connectivity index (χ0) is 17.1. The molecule has 3 heteroatoms. The van der Waals surface area contributed by atoms with Crippen molar-refractivity contribution in [2.75, 3.05) is 10.2 Å². The van der Waals surface area contributed by atoms with E-state index < -0.39 is 0 Å². The van der Waals surface area contributed by atoms with Gasteiger partial charge in [-0.2, -0.15) is 0 Å². The highest BCUT2D eigenvalue weighted by molar-refractivity contribution is 6.12. The summed E-state index contributed by atoms with van der Waals surface area (Å²) in [5, 5.41) is 3.55. The first-order chi connectivity index (χ1) is 12.3. The molecule has 0 fully saturated rings. The van der Waals surface area contributed by atoms with Crippen molar-refractivity contribution in [3.8, 4) is 0 Å². The highest BCUT2D eigenvalue weighted by atomic mass is 16.2. The number of nitrogens with one attached hydrogen (secondary N) is 1. The first-order valence-corrected chi connectivity index (χ1v) is 8.61. The Bertz CT molecular complexity index is 861. The largest absolute Gasteiger partial charge is 0.364 e. The summed E-state index contributed by atoms with van der Waals surface area (Å²) in [6.45, 7) is 0. The zero-order valence-electron chi connectivity index (χ0n) is 13.9. The molecule has 0 unspecified atom stereocenters. The molecule has 0 aromatic heterocycles. The van der Waals surface area contributed by atoms with E-state index in [-0.39, 0.29) is 12.1 Å². The van der Waals surface area contributed by atoms with E-state index >= 15 is 0 Å². The van der Waals surface area contributed by atoms with Gasteiger partial charge in [0.25, 0.3) is 5.91 Å². The molecule has 3 aromatic carbocycles. The van der Waals surface area contributed by atoms with Crippen LogP contribution in [0.15, 0.2) is 84.9 Å². The third-order valence-electron chi connectivity index (χ3n) is 4.59. The molecule has 3 aromatic rings. The van der Waals surface area contributed by atoms with Gasteiger partial charge in [0.15, 0.2) is 0 Å². The molecular formula is C22H20N2O. The van der Waals surface area contributed by atoms with E-state index in [9.17, 15) is 4.79 Å². The molecule has 4 rings (SSSR count). The van der Waals surface area contributed by atoms with Gasteiger partial charge in [-0.15, -0.1) is 0 Å². The Hall–Kier alpha value is -3.07. The first-order valence-electron chi connectivity index (χ1n) is 8.61. The van der Waals surface area contributed by atoms with E-state index in [1.54, 1.807) is 0 Å². The minimum absolute atomic E-state index is 0.0543. The van der Waals surface area contributed by atoms with Crippen LogP contribution < -0.4 is 10.2 Å². The molecule has 0 saturated carbocycles. The van der Waals surface area contributed by atoms with Crippen molar-refractivity contribution in [3.05, 3.63) is 96.1 Å². The molecule has 0 aliphatic carbocycles. The molecule has 3 nitrogen and oxygen atoms in total. The van der Waals surface area contributed by atoms with E-state index in [0.717, 1.165) is 29.8 Å². The Balaban J connectivity index is 1.66. The van der Waals surface area contributed by atoms with E-state index in [1.165, 1.54) is 5.56 Å². The fraction of sp³-hybridized carbons (Fsp3) is 0.136. The van der Waals surface area contributed by atoms with Gasteiger partial charge in [0.1, 0.15) is 6.17 Å². The minimum atomic E-state index is -0.0648.